The van der Waals surface area contributed by atoms with E-state index >= 15 is 0 Å². The van der Waals surface area contributed by atoms with Crippen LogP contribution in [0.15, 0.2) is 24.3 Å². The predicted octanol–water partition coefficient (Wildman–Crippen LogP) is 1.92. The molecule has 6 heteroatoms. The van der Waals surface area contributed by atoms with Crippen molar-refractivity contribution in [1.82, 2.24) is 14.7 Å². The summed E-state index contributed by atoms with van der Waals surface area (Å²) in [5.74, 6) is 1.03. The molecule has 0 unspecified atom stereocenters. The van der Waals surface area contributed by atoms with Crippen molar-refractivity contribution in [1.29, 1.82) is 0 Å². The molecule has 2 heterocycles. The van der Waals surface area contributed by atoms with Crippen molar-refractivity contribution in [2.45, 2.75) is 32.6 Å². The van der Waals surface area contributed by atoms with Crippen LogP contribution in [0.25, 0.3) is 0 Å². The SMILES string of the molecule is Cc1ccc(OCC(=O)N2CCN(CCC(=O)N3CCCCC3)CC2)cc1. The Labute approximate surface area is 162 Å². The highest BCUT2D eigenvalue weighted by Gasteiger charge is 2.23. The first kappa shape index (κ1) is 19.7. The van der Waals surface area contributed by atoms with Gasteiger partial charge in [0.25, 0.3) is 5.91 Å². The number of aryl methyl sites for hydroxylation is 1. The number of piperazine rings is 1. The number of rotatable bonds is 6. The second-order valence-corrected chi connectivity index (χ2v) is 7.52. The fraction of sp³-hybridized carbons (Fsp3) is 0.619. The number of likely N-dealkylation sites (tertiary alicyclic amines) is 1. The third-order valence-corrected chi connectivity index (χ3v) is 5.46. The number of hydrogen-bond donors (Lipinski definition) is 0. The fourth-order valence-electron chi connectivity index (χ4n) is 3.65. The van der Waals surface area contributed by atoms with Gasteiger partial charge in [-0.05, 0) is 38.3 Å². The number of hydrogen-bond acceptors (Lipinski definition) is 4. The van der Waals surface area contributed by atoms with Crippen LogP contribution in [0.3, 0.4) is 0 Å². The number of ether oxygens (including phenoxy) is 1. The number of amides is 2. The molecule has 1 aromatic carbocycles. The first-order chi connectivity index (χ1) is 13.1. The van der Waals surface area contributed by atoms with E-state index in [0.29, 0.717) is 19.5 Å². The van der Waals surface area contributed by atoms with Crippen molar-refractivity contribution >= 4 is 11.8 Å². The molecule has 1 aromatic rings. The Hall–Kier alpha value is -2.08. The van der Waals surface area contributed by atoms with Gasteiger partial charge in [0.15, 0.2) is 6.61 Å². The lowest BCUT2D eigenvalue weighted by Crippen LogP contribution is -2.50. The Morgan fingerprint density at radius 2 is 1.48 bits per heavy atom. The summed E-state index contributed by atoms with van der Waals surface area (Å²) >= 11 is 0. The molecule has 0 atom stereocenters. The zero-order chi connectivity index (χ0) is 19.1. The van der Waals surface area contributed by atoms with Crippen LogP contribution in [0, 0.1) is 6.92 Å². The van der Waals surface area contributed by atoms with Crippen LogP contribution in [-0.4, -0.2) is 78.9 Å². The summed E-state index contributed by atoms with van der Waals surface area (Å²) in [6.07, 6.45) is 4.10. The third kappa shape index (κ3) is 5.96. The Kier molecular flexibility index (Phi) is 7.10. The monoisotopic (exact) mass is 373 g/mol. The van der Waals surface area contributed by atoms with E-state index in [2.05, 4.69) is 4.90 Å². The van der Waals surface area contributed by atoms with Crippen LogP contribution in [-0.2, 0) is 9.59 Å². The second-order valence-electron chi connectivity index (χ2n) is 7.52. The molecule has 2 fully saturated rings. The number of piperidine rings is 1. The first-order valence-electron chi connectivity index (χ1n) is 10.1. The lowest BCUT2D eigenvalue weighted by molar-refractivity contribution is -0.136. The normalized spacial score (nSPS) is 18.4. The maximum atomic E-state index is 12.3. The summed E-state index contributed by atoms with van der Waals surface area (Å²) in [6, 6.07) is 7.73. The van der Waals surface area contributed by atoms with Gasteiger partial charge in [0, 0.05) is 52.2 Å². The van der Waals surface area contributed by atoms with E-state index in [0.717, 1.165) is 51.3 Å². The summed E-state index contributed by atoms with van der Waals surface area (Å²) in [4.78, 5) is 30.8. The van der Waals surface area contributed by atoms with Gasteiger partial charge in [0.1, 0.15) is 5.75 Å². The van der Waals surface area contributed by atoms with Gasteiger partial charge >= 0.3 is 0 Å². The molecule has 2 amide bonds. The average molecular weight is 373 g/mol. The number of carbonyl (C=O) groups is 2. The van der Waals surface area contributed by atoms with Crippen LogP contribution in [0.2, 0.25) is 0 Å². The summed E-state index contributed by atoms with van der Waals surface area (Å²) in [7, 11) is 0. The summed E-state index contributed by atoms with van der Waals surface area (Å²) in [6.45, 7) is 7.78. The molecule has 0 N–H and O–H groups in total. The summed E-state index contributed by atoms with van der Waals surface area (Å²) in [5.41, 5.74) is 1.17. The predicted molar refractivity (Wildman–Crippen MR) is 105 cm³/mol. The van der Waals surface area contributed by atoms with Gasteiger partial charge in [-0.1, -0.05) is 17.7 Å². The van der Waals surface area contributed by atoms with Crippen LogP contribution in [0.4, 0.5) is 0 Å². The number of benzene rings is 1. The van der Waals surface area contributed by atoms with Crippen LogP contribution in [0.5, 0.6) is 5.75 Å². The molecular formula is C21H31N3O3. The van der Waals surface area contributed by atoms with Gasteiger partial charge < -0.3 is 14.5 Å². The van der Waals surface area contributed by atoms with Crippen molar-refractivity contribution in [3.8, 4) is 5.75 Å². The zero-order valence-corrected chi connectivity index (χ0v) is 16.4. The molecule has 0 aromatic heterocycles. The highest BCUT2D eigenvalue weighted by molar-refractivity contribution is 5.78. The highest BCUT2D eigenvalue weighted by atomic mass is 16.5. The van der Waals surface area contributed by atoms with Gasteiger partial charge in [0.05, 0.1) is 0 Å². The Balaban J connectivity index is 1.33. The van der Waals surface area contributed by atoms with Gasteiger partial charge in [-0.25, -0.2) is 0 Å². The molecule has 2 aliphatic heterocycles. The quantitative estimate of drug-likeness (QED) is 0.765. The fourth-order valence-corrected chi connectivity index (χ4v) is 3.65. The molecule has 2 saturated heterocycles. The minimum atomic E-state index is 0.0274. The molecule has 27 heavy (non-hydrogen) atoms. The number of nitrogens with zero attached hydrogens (tertiary/aromatic N) is 3. The maximum Gasteiger partial charge on any atom is 0.260 e. The first-order valence-corrected chi connectivity index (χ1v) is 10.1. The third-order valence-electron chi connectivity index (χ3n) is 5.46. The minimum absolute atomic E-state index is 0.0274. The molecule has 2 aliphatic rings. The summed E-state index contributed by atoms with van der Waals surface area (Å²) in [5, 5.41) is 0. The second kappa shape index (κ2) is 9.74. The Bertz CT molecular complexity index is 618. The molecule has 0 radical (unpaired) electrons. The maximum absolute atomic E-state index is 12.3. The van der Waals surface area contributed by atoms with E-state index in [1.54, 1.807) is 0 Å². The summed E-state index contributed by atoms with van der Waals surface area (Å²) < 4.78 is 5.59. The van der Waals surface area contributed by atoms with Gasteiger partial charge in [-0.15, -0.1) is 0 Å². The lowest BCUT2D eigenvalue weighted by Gasteiger charge is -2.35. The molecule has 0 saturated carbocycles. The average Bonchev–Trinajstić information content (AvgIpc) is 2.72. The van der Waals surface area contributed by atoms with E-state index in [4.69, 9.17) is 4.74 Å². The van der Waals surface area contributed by atoms with Crippen LogP contribution >= 0.6 is 0 Å². The largest absolute Gasteiger partial charge is 0.484 e. The van der Waals surface area contributed by atoms with Gasteiger partial charge in [-0.2, -0.15) is 0 Å². The van der Waals surface area contributed by atoms with E-state index in [1.807, 2.05) is 41.0 Å². The van der Waals surface area contributed by atoms with Crippen molar-refractivity contribution < 1.29 is 14.3 Å². The Morgan fingerprint density at radius 1 is 0.852 bits per heavy atom. The van der Waals surface area contributed by atoms with Crippen molar-refractivity contribution in [2.24, 2.45) is 0 Å². The molecule has 0 bridgehead atoms. The van der Waals surface area contributed by atoms with Gasteiger partial charge in [0.2, 0.25) is 5.91 Å². The van der Waals surface area contributed by atoms with Crippen LogP contribution < -0.4 is 4.74 Å². The lowest BCUT2D eigenvalue weighted by atomic mass is 10.1. The van der Waals surface area contributed by atoms with Gasteiger partial charge in [-0.3, -0.25) is 14.5 Å². The van der Waals surface area contributed by atoms with Crippen molar-refractivity contribution in [2.75, 3.05) is 52.4 Å². The highest BCUT2D eigenvalue weighted by Crippen LogP contribution is 2.13. The van der Waals surface area contributed by atoms with E-state index in [1.165, 1.54) is 12.0 Å². The molecule has 148 valence electrons. The topological polar surface area (TPSA) is 53.1 Å². The van der Waals surface area contributed by atoms with E-state index in [-0.39, 0.29) is 18.4 Å². The smallest absolute Gasteiger partial charge is 0.260 e. The van der Waals surface area contributed by atoms with Crippen LogP contribution in [0.1, 0.15) is 31.2 Å². The molecule has 0 spiro atoms. The Morgan fingerprint density at radius 3 is 2.15 bits per heavy atom. The van der Waals surface area contributed by atoms with Crippen molar-refractivity contribution in [3.63, 3.8) is 0 Å². The zero-order valence-electron chi connectivity index (χ0n) is 16.4. The number of carbonyl (C=O) groups excluding carboxylic acids is 2. The minimum Gasteiger partial charge on any atom is -0.484 e. The molecule has 6 nitrogen and oxygen atoms in total. The molecular weight excluding hydrogens is 342 g/mol. The van der Waals surface area contributed by atoms with E-state index < -0.39 is 0 Å². The molecule has 3 rings (SSSR count). The standard InChI is InChI=1S/C21H31N3O3/c1-18-5-7-19(8-6-18)27-17-21(26)24-15-13-22(14-16-24)12-9-20(25)23-10-3-2-4-11-23/h5-8H,2-4,9-17H2,1H3. The van der Waals surface area contributed by atoms with Crippen molar-refractivity contribution in [3.05, 3.63) is 29.8 Å². The van der Waals surface area contributed by atoms with E-state index in [9.17, 15) is 9.59 Å². The molecule has 0 aliphatic carbocycles.